The molecular weight excluding hydrogens is 310 g/mol. The second-order valence-electron chi connectivity index (χ2n) is 5.66. The lowest BCUT2D eigenvalue weighted by Crippen LogP contribution is -2.29. The molecule has 0 aliphatic rings. The average Bonchev–Trinajstić information content (AvgIpc) is 2.85. The molecule has 1 N–H and O–H groups in total. The van der Waals surface area contributed by atoms with Gasteiger partial charge in [-0.3, -0.25) is 4.79 Å². The standard InChI is InChI=1S/C17H25N3O2S/c1-13(2)22-10-6-9-18-17(21)11-20-15-8-5-4-7-14(15)19-16(20)12-23-3/h4-5,7-8,13H,6,9-12H2,1-3H3,(H,18,21). The highest BCUT2D eigenvalue weighted by Crippen LogP contribution is 2.18. The molecule has 0 aliphatic carbocycles. The van der Waals surface area contributed by atoms with Crippen molar-refractivity contribution in [1.29, 1.82) is 0 Å². The van der Waals surface area contributed by atoms with Crippen LogP contribution in [0.4, 0.5) is 0 Å². The molecule has 6 heteroatoms. The second-order valence-corrected chi connectivity index (χ2v) is 6.52. The number of para-hydroxylation sites is 2. The number of hydrogen-bond acceptors (Lipinski definition) is 4. The maximum Gasteiger partial charge on any atom is 0.240 e. The van der Waals surface area contributed by atoms with E-state index in [0.29, 0.717) is 19.7 Å². The maximum absolute atomic E-state index is 12.2. The fraction of sp³-hybridized carbons (Fsp3) is 0.529. The van der Waals surface area contributed by atoms with Crippen LogP contribution in [0.2, 0.25) is 0 Å². The molecule has 0 unspecified atom stereocenters. The van der Waals surface area contributed by atoms with E-state index >= 15 is 0 Å². The predicted octanol–water partition coefficient (Wildman–Crippen LogP) is 2.83. The fourth-order valence-electron chi connectivity index (χ4n) is 2.36. The molecule has 0 spiro atoms. The topological polar surface area (TPSA) is 56.2 Å². The number of hydrogen-bond donors (Lipinski definition) is 1. The van der Waals surface area contributed by atoms with Gasteiger partial charge in [0.2, 0.25) is 5.91 Å². The minimum absolute atomic E-state index is 0.0139. The Balaban J connectivity index is 1.94. The van der Waals surface area contributed by atoms with Crippen molar-refractivity contribution in [2.45, 2.75) is 38.7 Å². The summed E-state index contributed by atoms with van der Waals surface area (Å²) < 4.78 is 7.47. The molecule has 1 heterocycles. The minimum Gasteiger partial charge on any atom is -0.379 e. The Kier molecular flexibility index (Phi) is 6.92. The number of benzene rings is 1. The van der Waals surface area contributed by atoms with Crippen LogP contribution in [0.25, 0.3) is 11.0 Å². The number of thioether (sulfide) groups is 1. The lowest BCUT2D eigenvalue weighted by molar-refractivity contribution is -0.121. The Morgan fingerprint density at radius 2 is 2.17 bits per heavy atom. The van der Waals surface area contributed by atoms with Gasteiger partial charge in [0.1, 0.15) is 12.4 Å². The number of ether oxygens (including phenoxy) is 1. The van der Waals surface area contributed by atoms with Crippen molar-refractivity contribution in [1.82, 2.24) is 14.9 Å². The molecule has 0 fully saturated rings. The van der Waals surface area contributed by atoms with Crippen molar-refractivity contribution >= 4 is 28.7 Å². The summed E-state index contributed by atoms with van der Waals surface area (Å²) in [6.45, 7) is 5.63. The van der Waals surface area contributed by atoms with E-state index in [1.807, 2.05) is 48.9 Å². The third-order valence-electron chi connectivity index (χ3n) is 3.40. The normalized spacial score (nSPS) is 11.3. The van der Waals surface area contributed by atoms with E-state index in [0.717, 1.165) is 29.0 Å². The molecular formula is C17H25N3O2S. The molecule has 126 valence electrons. The zero-order valence-electron chi connectivity index (χ0n) is 14.0. The van der Waals surface area contributed by atoms with Crippen LogP contribution in [0.3, 0.4) is 0 Å². The summed E-state index contributed by atoms with van der Waals surface area (Å²) in [4.78, 5) is 16.8. The largest absolute Gasteiger partial charge is 0.379 e. The number of carbonyl (C=O) groups is 1. The van der Waals surface area contributed by atoms with Crippen molar-refractivity contribution in [3.63, 3.8) is 0 Å². The number of amides is 1. The average molecular weight is 335 g/mol. The highest BCUT2D eigenvalue weighted by Gasteiger charge is 2.12. The monoisotopic (exact) mass is 335 g/mol. The molecule has 0 saturated heterocycles. The van der Waals surface area contributed by atoms with E-state index in [9.17, 15) is 4.79 Å². The molecule has 5 nitrogen and oxygen atoms in total. The second kappa shape index (κ2) is 8.93. The van der Waals surface area contributed by atoms with Gasteiger partial charge in [0.15, 0.2) is 0 Å². The summed E-state index contributed by atoms with van der Waals surface area (Å²) in [6.07, 6.45) is 3.10. The molecule has 0 atom stereocenters. The molecule has 1 aromatic carbocycles. The Hall–Kier alpha value is -1.53. The van der Waals surface area contributed by atoms with Gasteiger partial charge in [-0.05, 0) is 38.7 Å². The highest BCUT2D eigenvalue weighted by atomic mass is 32.2. The van der Waals surface area contributed by atoms with Gasteiger partial charge in [0.25, 0.3) is 0 Å². The van der Waals surface area contributed by atoms with Crippen LogP contribution < -0.4 is 5.32 Å². The molecule has 1 amide bonds. The number of fused-ring (bicyclic) bond motifs is 1. The Labute approximate surface area is 141 Å². The molecule has 0 bridgehead atoms. The van der Waals surface area contributed by atoms with E-state index in [2.05, 4.69) is 10.3 Å². The van der Waals surface area contributed by atoms with E-state index < -0.39 is 0 Å². The zero-order valence-corrected chi connectivity index (χ0v) is 14.9. The zero-order chi connectivity index (χ0) is 16.7. The first-order chi connectivity index (χ1) is 11.1. The summed E-state index contributed by atoms with van der Waals surface area (Å²) in [5.74, 6) is 1.75. The molecule has 0 aliphatic heterocycles. The number of carbonyl (C=O) groups excluding carboxylic acids is 1. The SMILES string of the molecule is CSCc1nc2ccccc2n1CC(=O)NCCCOC(C)C. The van der Waals surface area contributed by atoms with Crippen LogP contribution in [0, 0.1) is 0 Å². The van der Waals surface area contributed by atoms with Crippen LogP contribution in [-0.2, 0) is 21.8 Å². The van der Waals surface area contributed by atoms with Crippen molar-refractivity contribution in [3.05, 3.63) is 30.1 Å². The summed E-state index contributed by atoms with van der Waals surface area (Å²) in [5, 5.41) is 2.95. The predicted molar refractivity (Wildman–Crippen MR) is 95.7 cm³/mol. The lowest BCUT2D eigenvalue weighted by Gasteiger charge is -2.10. The number of rotatable bonds is 9. The van der Waals surface area contributed by atoms with Gasteiger partial charge in [-0.25, -0.2) is 4.98 Å². The number of nitrogens with zero attached hydrogens (tertiary/aromatic N) is 2. The van der Waals surface area contributed by atoms with Crippen LogP contribution in [0.5, 0.6) is 0 Å². The van der Waals surface area contributed by atoms with Gasteiger partial charge in [-0.15, -0.1) is 0 Å². The Bertz CT molecular complexity index is 640. The Morgan fingerprint density at radius 1 is 1.39 bits per heavy atom. The summed E-state index contributed by atoms with van der Waals surface area (Å²) >= 11 is 1.71. The summed E-state index contributed by atoms with van der Waals surface area (Å²) in [5.41, 5.74) is 1.95. The maximum atomic E-state index is 12.2. The molecule has 0 saturated carbocycles. The van der Waals surface area contributed by atoms with Gasteiger partial charge in [0.05, 0.1) is 22.9 Å². The van der Waals surface area contributed by atoms with E-state index in [1.54, 1.807) is 11.8 Å². The first-order valence-corrected chi connectivity index (χ1v) is 9.32. The van der Waals surface area contributed by atoms with Crippen molar-refractivity contribution in [2.24, 2.45) is 0 Å². The fourth-order valence-corrected chi connectivity index (χ4v) is 2.84. The van der Waals surface area contributed by atoms with Crippen molar-refractivity contribution in [2.75, 3.05) is 19.4 Å². The van der Waals surface area contributed by atoms with Gasteiger partial charge in [-0.1, -0.05) is 12.1 Å². The first-order valence-electron chi connectivity index (χ1n) is 7.93. The minimum atomic E-state index is 0.0139. The summed E-state index contributed by atoms with van der Waals surface area (Å²) in [6, 6.07) is 7.94. The van der Waals surface area contributed by atoms with E-state index in [-0.39, 0.29) is 12.0 Å². The van der Waals surface area contributed by atoms with Gasteiger partial charge in [0, 0.05) is 13.2 Å². The third-order valence-corrected chi connectivity index (χ3v) is 3.95. The van der Waals surface area contributed by atoms with E-state index in [4.69, 9.17) is 4.74 Å². The lowest BCUT2D eigenvalue weighted by atomic mass is 10.3. The highest BCUT2D eigenvalue weighted by molar-refractivity contribution is 7.97. The van der Waals surface area contributed by atoms with Crippen LogP contribution in [-0.4, -0.2) is 41.0 Å². The van der Waals surface area contributed by atoms with Gasteiger partial charge in [-0.2, -0.15) is 11.8 Å². The smallest absolute Gasteiger partial charge is 0.240 e. The van der Waals surface area contributed by atoms with Crippen molar-refractivity contribution in [3.8, 4) is 0 Å². The number of aromatic nitrogens is 2. The molecule has 1 aromatic heterocycles. The Morgan fingerprint density at radius 3 is 2.91 bits per heavy atom. The first kappa shape index (κ1) is 17.8. The quantitative estimate of drug-likeness (QED) is 0.716. The van der Waals surface area contributed by atoms with Crippen LogP contribution >= 0.6 is 11.8 Å². The van der Waals surface area contributed by atoms with Gasteiger partial charge >= 0.3 is 0 Å². The molecule has 0 radical (unpaired) electrons. The van der Waals surface area contributed by atoms with Crippen LogP contribution in [0.1, 0.15) is 26.1 Å². The number of imidazole rings is 1. The molecule has 2 aromatic rings. The van der Waals surface area contributed by atoms with Gasteiger partial charge < -0.3 is 14.6 Å². The summed E-state index contributed by atoms with van der Waals surface area (Å²) in [7, 11) is 0. The molecule has 2 rings (SSSR count). The molecule has 23 heavy (non-hydrogen) atoms. The van der Waals surface area contributed by atoms with Crippen LogP contribution in [0.15, 0.2) is 24.3 Å². The van der Waals surface area contributed by atoms with Crippen molar-refractivity contribution < 1.29 is 9.53 Å². The third kappa shape index (κ3) is 5.25. The van der Waals surface area contributed by atoms with E-state index in [1.165, 1.54) is 0 Å². The number of nitrogens with one attached hydrogen (secondary N) is 1.